The van der Waals surface area contributed by atoms with Gasteiger partial charge in [-0.25, -0.2) is 0 Å². The van der Waals surface area contributed by atoms with E-state index in [2.05, 4.69) is 22.6 Å². The quantitative estimate of drug-likeness (QED) is 0.546. The van der Waals surface area contributed by atoms with Crippen LogP contribution in [0.15, 0.2) is 24.3 Å². The molecule has 0 fully saturated rings. The van der Waals surface area contributed by atoms with Crippen LogP contribution in [0.4, 0.5) is 0 Å². The van der Waals surface area contributed by atoms with Gasteiger partial charge in [0.05, 0.1) is 0 Å². The summed E-state index contributed by atoms with van der Waals surface area (Å²) in [4.78, 5) is 10.8. The summed E-state index contributed by atoms with van der Waals surface area (Å²) in [5.41, 5.74) is 0.778. The zero-order chi connectivity index (χ0) is 7.56. The smallest absolute Gasteiger partial charge is 0.159 e. The van der Waals surface area contributed by atoms with Crippen LogP contribution in [-0.2, 0) is 0 Å². The van der Waals surface area contributed by atoms with E-state index in [0.717, 1.165) is 9.13 Å². The Labute approximate surface area is 73.6 Å². The molecule has 1 rings (SSSR count). The van der Waals surface area contributed by atoms with Gasteiger partial charge in [-0.3, -0.25) is 4.79 Å². The molecule has 1 nitrogen and oxygen atoms in total. The summed E-state index contributed by atoms with van der Waals surface area (Å²) in [6, 6.07) is 7.53. The fraction of sp³-hybridized carbons (Fsp3) is 0.125. The first-order valence-corrected chi connectivity index (χ1v) is 4.04. The molecule has 52 valence electrons. The number of benzene rings is 1. The fourth-order valence-electron chi connectivity index (χ4n) is 0.685. The van der Waals surface area contributed by atoms with E-state index < -0.39 is 0 Å². The Bertz CT molecular complexity index is 238. The highest BCUT2D eigenvalue weighted by Gasteiger charge is 1.95. The Morgan fingerprint density at radius 3 is 2.20 bits per heavy atom. The summed E-state index contributed by atoms with van der Waals surface area (Å²) < 4.78 is 1.16. The van der Waals surface area contributed by atoms with Gasteiger partial charge >= 0.3 is 0 Å². The largest absolute Gasteiger partial charge is 0.295 e. The maximum Gasteiger partial charge on any atom is 0.159 e. The number of halogens is 1. The monoisotopic (exact) mass is 242 g/mol. The van der Waals surface area contributed by atoms with Crippen molar-refractivity contribution in [3.63, 3.8) is 0 Å². The molecule has 1 aromatic carbocycles. The van der Waals surface area contributed by atoms with E-state index in [9.17, 15) is 4.79 Å². The summed E-state index contributed by atoms with van der Waals surface area (Å²) >= 11 is 2.21. The number of carbonyl (C=O) groups is 1. The van der Waals surface area contributed by atoms with Crippen molar-refractivity contribution in [1.82, 2.24) is 0 Å². The lowest BCUT2D eigenvalue weighted by Crippen LogP contribution is -1.89. The predicted octanol–water partition coefficient (Wildman–Crippen LogP) is 2.49. The van der Waals surface area contributed by atoms with Gasteiger partial charge in [0, 0.05) is 9.13 Å². The summed E-state index contributed by atoms with van der Waals surface area (Å²) in [7, 11) is 0. The van der Waals surface area contributed by atoms with Crippen molar-refractivity contribution in [3.8, 4) is 0 Å². The van der Waals surface area contributed by atoms with Gasteiger partial charge in [-0.1, -0.05) is 12.1 Å². The molecular formula is C8H7IO. The maximum atomic E-state index is 10.8. The summed E-state index contributed by atoms with van der Waals surface area (Å²) in [6.07, 6.45) is 0. The lowest BCUT2D eigenvalue weighted by atomic mass is 10.2. The van der Waals surface area contributed by atoms with E-state index in [0.29, 0.717) is 0 Å². The molecule has 0 aromatic heterocycles. The first-order valence-electron chi connectivity index (χ1n) is 2.96. The van der Waals surface area contributed by atoms with Crippen molar-refractivity contribution in [2.45, 2.75) is 6.92 Å². The number of ketones is 1. The van der Waals surface area contributed by atoms with Gasteiger partial charge in [0.2, 0.25) is 0 Å². The second-order valence-electron chi connectivity index (χ2n) is 2.06. The zero-order valence-corrected chi connectivity index (χ0v) is 7.75. The number of carbonyl (C=O) groups excluding carboxylic acids is 1. The van der Waals surface area contributed by atoms with Crippen molar-refractivity contribution >= 4 is 28.4 Å². The zero-order valence-electron chi connectivity index (χ0n) is 5.60. The van der Waals surface area contributed by atoms with Crippen LogP contribution < -0.4 is 0 Å². The van der Waals surface area contributed by atoms with Crippen LogP contribution in [0.2, 0.25) is 0 Å². The molecule has 0 aliphatic heterocycles. The fourth-order valence-corrected chi connectivity index (χ4v) is 1.04. The highest BCUT2D eigenvalue weighted by molar-refractivity contribution is 14.1. The summed E-state index contributed by atoms with van der Waals surface area (Å²) in [5, 5.41) is 0. The number of Topliss-reactive ketones (excluding diaryl/α,β-unsaturated/α-hetero) is 1. The minimum atomic E-state index is 0.122. The van der Waals surface area contributed by atoms with Crippen LogP contribution in [-0.4, -0.2) is 5.78 Å². The number of rotatable bonds is 1. The first-order chi connectivity index (χ1) is 4.70. The maximum absolute atomic E-state index is 10.8. The van der Waals surface area contributed by atoms with Crippen LogP contribution in [0.1, 0.15) is 17.3 Å². The van der Waals surface area contributed by atoms with Crippen molar-refractivity contribution in [1.29, 1.82) is 0 Å². The third-order valence-corrected chi connectivity index (χ3v) is 1.97. The van der Waals surface area contributed by atoms with E-state index in [1.54, 1.807) is 6.92 Å². The molecule has 0 N–H and O–H groups in total. The molecule has 0 saturated heterocycles. The SMILES string of the molecule is CC(=O)c1ccc([123I])cc1. The van der Waals surface area contributed by atoms with Gasteiger partial charge in [-0.2, -0.15) is 0 Å². The number of hydrogen-bond acceptors (Lipinski definition) is 1. The molecule has 0 bridgehead atoms. The van der Waals surface area contributed by atoms with Gasteiger partial charge in [0.1, 0.15) is 0 Å². The minimum Gasteiger partial charge on any atom is -0.295 e. The average Bonchev–Trinajstić information content (AvgIpc) is 1.88. The van der Waals surface area contributed by atoms with E-state index in [4.69, 9.17) is 0 Å². The highest BCUT2D eigenvalue weighted by Crippen LogP contribution is 2.06. The molecule has 0 unspecified atom stereocenters. The Balaban J connectivity index is 3.00. The molecular weight excluding hydrogens is 235 g/mol. The van der Waals surface area contributed by atoms with Gasteiger partial charge < -0.3 is 0 Å². The molecule has 0 spiro atoms. The molecule has 2 heteroatoms. The molecule has 0 aliphatic rings. The lowest BCUT2D eigenvalue weighted by molar-refractivity contribution is 0.101. The van der Waals surface area contributed by atoms with E-state index in [1.807, 2.05) is 24.3 Å². The van der Waals surface area contributed by atoms with Crippen LogP contribution in [0.3, 0.4) is 0 Å². The summed E-state index contributed by atoms with van der Waals surface area (Å²) in [6.45, 7) is 1.57. The number of hydrogen-bond donors (Lipinski definition) is 0. The van der Waals surface area contributed by atoms with Crippen molar-refractivity contribution in [2.24, 2.45) is 0 Å². The Kier molecular flexibility index (Phi) is 2.43. The molecule has 1 aromatic rings. The summed E-state index contributed by atoms with van der Waals surface area (Å²) in [5.74, 6) is 0.122. The van der Waals surface area contributed by atoms with Crippen molar-refractivity contribution in [3.05, 3.63) is 33.4 Å². The topological polar surface area (TPSA) is 17.1 Å². The predicted molar refractivity (Wildman–Crippen MR) is 49.2 cm³/mol. The van der Waals surface area contributed by atoms with Gasteiger partial charge in [-0.05, 0) is 41.6 Å². The Morgan fingerprint density at radius 2 is 1.80 bits per heavy atom. The van der Waals surface area contributed by atoms with E-state index in [1.165, 1.54) is 0 Å². The van der Waals surface area contributed by atoms with Gasteiger partial charge in [0.25, 0.3) is 0 Å². The molecule has 0 radical (unpaired) electrons. The van der Waals surface area contributed by atoms with E-state index >= 15 is 0 Å². The van der Waals surface area contributed by atoms with Crippen molar-refractivity contribution in [2.75, 3.05) is 0 Å². The molecule has 0 amide bonds. The lowest BCUT2D eigenvalue weighted by Gasteiger charge is -1.92. The molecule has 0 aliphatic carbocycles. The normalized spacial score (nSPS) is 9.40. The van der Waals surface area contributed by atoms with E-state index in [-0.39, 0.29) is 5.78 Å². The Hall–Kier alpha value is -0.380. The van der Waals surface area contributed by atoms with Crippen LogP contribution >= 0.6 is 22.6 Å². The molecule has 10 heavy (non-hydrogen) atoms. The minimum absolute atomic E-state index is 0.122. The Morgan fingerprint density at radius 1 is 1.30 bits per heavy atom. The molecule has 0 heterocycles. The third-order valence-electron chi connectivity index (χ3n) is 1.25. The highest BCUT2D eigenvalue weighted by atomic mass is 123. The molecule has 0 atom stereocenters. The van der Waals surface area contributed by atoms with Crippen LogP contribution in [0.25, 0.3) is 0 Å². The van der Waals surface area contributed by atoms with Gasteiger partial charge in [0.15, 0.2) is 5.78 Å². The third kappa shape index (κ3) is 1.80. The second-order valence-corrected chi connectivity index (χ2v) is 3.31. The van der Waals surface area contributed by atoms with Gasteiger partial charge in [-0.15, -0.1) is 0 Å². The first kappa shape index (κ1) is 7.72. The average molecular weight is 242 g/mol. The molecule has 0 saturated carbocycles. The van der Waals surface area contributed by atoms with Crippen LogP contribution in [0, 0.1) is 3.57 Å². The second kappa shape index (κ2) is 3.14. The van der Waals surface area contributed by atoms with Crippen LogP contribution in [0.5, 0.6) is 0 Å². The standard InChI is InChI=1S/C8H7IO/c1-6(10)7-2-4-8(9)5-3-7/h2-5H,1H3/i9-4. The van der Waals surface area contributed by atoms with Crippen molar-refractivity contribution < 1.29 is 4.79 Å².